The second kappa shape index (κ2) is 6.86. The van der Waals surface area contributed by atoms with Crippen molar-refractivity contribution in [1.82, 2.24) is 4.90 Å². The third-order valence-corrected chi connectivity index (χ3v) is 3.82. The number of halogens is 2. The standard InChI is InChI=1S/C16H20BrFN2O3/c1-16(2,3)23-15(22)20-9-11(18)8-13(20)14(21)19-12-6-4-10(17)5-7-12/h4-7,11,13H,8-9H2,1-3H3,(H,19,21)/t11-,13+/m1/s1. The lowest BCUT2D eigenvalue weighted by Crippen LogP contribution is -2.45. The molecule has 1 fully saturated rings. The van der Waals surface area contributed by atoms with E-state index in [0.717, 1.165) is 9.37 Å². The van der Waals surface area contributed by atoms with Crippen LogP contribution in [0.2, 0.25) is 0 Å². The van der Waals surface area contributed by atoms with Gasteiger partial charge in [-0.25, -0.2) is 9.18 Å². The third-order valence-electron chi connectivity index (χ3n) is 3.29. The fraction of sp³-hybridized carbons (Fsp3) is 0.500. The van der Waals surface area contributed by atoms with Crippen molar-refractivity contribution in [2.75, 3.05) is 11.9 Å². The molecule has 0 bridgehead atoms. The van der Waals surface area contributed by atoms with Crippen molar-refractivity contribution in [2.24, 2.45) is 0 Å². The van der Waals surface area contributed by atoms with Crippen LogP contribution >= 0.6 is 15.9 Å². The van der Waals surface area contributed by atoms with Gasteiger partial charge in [-0.3, -0.25) is 9.69 Å². The fourth-order valence-corrected chi connectivity index (χ4v) is 2.58. The van der Waals surface area contributed by atoms with E-state index in [2.05, 4.69) is 21.2 Å². The quantitative estimate of drug-likeness (QED) is 0.841. The highest BCUT2D eigenvalue weighted by Crippen LogP contribution is 2.24. The van der Waals surface area contributed by atoms with Gasteiger partial charge in [0.2, 0.25) is 5.91 Å². The van der Waals surface area contributed by atoms with Gasteiger partial charge >= 0.3 is 6.09 Å². The first-order valence-electron chi connectivity index (χ1n) is 7.36. The molecule has 1 aliphatic rings. The van der Waals surface area contributed by atoms with E-state index in [-0.39, 0.29) is 13.0 Å². The highest BCUT2D eigenvalue weighted by molar-refractivity contribution is 9.10. The van der Waals surface area contributed by atoms with Gasteiger partial charge in [0, 0.05) is 16.6 Å². The number of benzene rings is 1. The summed E-state index contributed by atoms with van der Waals surface area (Å²) < 4.78 is 19.9. The van der Waals surface area contributed by atoms with E-state index in [4.69, 9.17) is 4.74 Å². The van der Waals surface area contributed by atoms with Gasteiger partial charge in [0.05, 0.1) is 6.54 Å². The van der Waals surface area contributed by atoms with E-state index in [1.807, 2.05) is 0 Å². The molecule has 0 radical (unpaired) electrons. The van der Waals surface area contributed by atoms with Crippen molar-refractivity contribution >= 4 is 33.6 Å². The average Bonchev–Trinajstić information content (AvgIpc) is 2.82. The number of ether oxygens (including phenoxy) is 1. The third kappa shape index (κ3) is 4.92. The van der Waals surface area contributed by atoms with Crippen molar-refractivity contribution in [3.05, 3.63) is 28.7 Å². The first-order valence-corrected chi connectivity index (χ1v) is 8.15. The molecule has 0 saturated carbocycles. The van der Waals surface area contributed by atoms with E-state index in [1.165, 1.54) is 0 Å². The van der Waals surface area contributed by atoms with E-state index in [0.29, 0.717) is 5.69 Å². The smallest absolute Gasteiger partial charge is 0.411 e. The number of anilines is 1. The minimum absolute atomic E-state index is 0.0262. The summed E-state index contributed by atoms with van der Waals surface area (Å²) in [6.45, 7) is 5.05. The first-order chi connectivity index (χ1) is 10.7. The van der Waals surface area contributed by atoms with Crippen molar-refractivity contribution in [2.45, 2.75) is 45.0 Å². The number of rotatable bonds is 2. The van der Waals surface area contributed by atoms with E-state index in [9.17, 15) is 14.0 Å². The second-order valence-corrected chi connectivity index (χ2v) is 7.39. The number of nitrogens with zero attached hydrogens (tertiary/aromatic N) is 1. The van der Waals surface area contributed by atoms with Gasteiger partial charge in [0.25, 0.3) is 0 Å². The average molecular weight is 387 g/mol. The van der Waals surface area contributed by atoms with Gasteiger partial charge in [-0.05, 0) is 45.0 Å². The molecular formula is C16H20BrFN2O3. The molecule has 126 valence electrons. The summed E-state index contributed by atoms with van der Waals surface area (Å²) in [6, 6.07) is 6.15. The molecule has 2 amide bonds. The molecule has 0 spiro atoms. The number of hydrogen-bond acceptors (Lipinski definition) is 3. The normalized spacial score (nSPS) is 21.2. The van der Waals surface area contributed by atoms with Gasteiger partial charge < -0.3 is 10.1 Å². The lowest BCUT2D eigenvalue weighted by molar-refractivity contribution is -0.120. The molecule has 1 aromatic carbocycles. The van der Waals surface area contributed by atoms with Gasteiger partial charge in [-0.1, -0.05) is 15.9 Å². The number of nitrogens with one attached hydrogen (secondary N) is 1. The van der Waals surface area contributed by atoms with Crippen LogP contribution in [0, 0.1) is 0 Å². The molecule has 1 N–H and O–H groups in total. The van der Waals surface area contributed by atoms with Crippen LogP contribution in [-0.4, -0.2) is 41.3 Å². The van der Waals surface area contributed by atoms with E-state index in [1.54, 1.807) is 45.0 Å². The molecule has 0 unspecified atom stereocenters. The van der Waals surface area contributed by atoms with Crippen LogP contribution in [-0.2, 0) is 9.53 Å². The van der Waals surface area contributed by atoms with Crippen LogP contribution < -0.4 is 5.32 Å². The first kappa shape index (κ1) is 17.7. The predicted molar refractivity (Wildman–Crippen MR) is 89.0 cm³/mol. The summed E-state index contributed by atoms with van der Waals surface area (Å²) in [5.41, 5.74) is -0.109. The Bertz CT molecular complexity index is 586. The summed E-state index contributed by atoms with van der Waals surface area (Å²) >= 11 is 3.31. The zero-order chi connectivity index (χ0) is 17.2. The Hall–Kier alpha value is -1.63. The molecule has 1 saturated heterocycles. The highest BCUT2D eigenvalue weighted by Gasteiger charge is 2.41. The highest BCUT2D eigenvalue weighted by atomic mass is 79.9. The van der Waals surface area contributed by atoms with Crippen molar-refractivity contribution in [3.63, 3.8) is 0 Å². The van der Waals surface area contributed by atoms with Crippen LogP contribution in [0.3, 0.4) is 0 Å². The summed E-state index contributed by atoms with van der Waals surface area (Å²) in [5.74, 6) is -0.418. The van der Waals surface area contributed by atoms with Crippen LogP contribution in [0.25, 0.3) is 0 Å². The molecule has 0 aromatic heterocycles. The van der Waals surface area contributed by atoms with Gasteiger partial charge in [0.1, 0.15) is 17.8 Å². The Morgan fingerprint density at radius 1 is 1.30 bits per heavy atom. The molecule has 2 atom stereocenters. The zero-order valence-electron chi connectivity index (χ0n) is 13.3. The Labute approximate surface area is 143 Å². The SMILES string of the molecule is CC(C)(C)OC(=O)N1C[C@H](F)C[C@H]1C(=O)Nc1ccc(Br)cc1. The minimum Gasteiger partial charge on any atom is -0.444 e. The number of hydrogen-bond donors (Lipinski definition) is 1. The number of likely N-dealkylation sites (tertiary alicyclic amines) is 1. The number of alkyl halides is 1. The maximum Gasteiger partial charge on any atom is 0.411 e. The molecule has 1 aromatic rings. The van der Waals surface area contributed by atoms with Crippen LogP contribution in [0.1, 0.15) is 27.2 Å². The molecule has 1 aliphatic heterocycles. The van der Waals surface area contributed by atoms with E-state index >= 15 is 0 Å². The summed E-state index contributed by atoms with van der Waals surface area (Å²) in [5, 5.41) is 2.70. The lowest BCUT2D eigenvalue weighted by atomic mass is 10.2. The molecule has 0 aliphatic carbocycles. The molecule has 23 heavy (non-hydrogen) atoms. The Kier molecular flexibility index (Phi) is 5.29. The molecule has 1 heterocycles. The molecule has 5 nitrogen and oxygen atoms in total. The summed E-state index contributed by atoms with van der Waals surface area (Å²) in [7, 11) is 0. The monoisotopic (exact) mass is 386 g/mol. The number of amides is 2. The largest absolute Gasteiger partial charge is 0.444 e. The topological polar surface area (TPSA) is 58.6 Å². The maximum atomic E-state index is 13.7. The predicted octanol–water partition coefficient (Wildman–Crippen LogP) is 3.74. The Morgan fingerprint density at radius 3 is 2.48 bits per heavy atom. The summed E-state index contributed by atoms with van der Waals surface area (Å²) in [4.78, 5) is 25.7. The molecular weight excluding hydrogens is 367 g/mol. The Balaban J connectivity index is 2.07. The molecule has 2 rings (SSSR count). The maximum absolute atomic E-state index is 13.7. The Morgan fingerprint density at radius 2 is 1.91 bits per heavy atom. The lowest BCUT2D eigenvalue weighted by Gasteiger charge is -2.27. The van der Waals surface area contributed by atoms with Crippen molar-refractivity contribution in [1.29, 1.82) is 0 Å². The second-order valence-electron chi connectivity index (χ2n) is 6.48. The van der Waals surface area contributed by atoms with Gasteiger partial charge in [-0.2, -0.15) is 0 Å². The van der Waals surface area contributed by atoms with Crippen molar-refractivity contribution < 1.29 is 18.7 Å². The summed E-state index contributed by atoms with van der Waals surface area (Å²) in [6.07, 6.45) is -1.93. The van der Waals surface area contributed by atoms with E-state index < -0.39 is 29.8 Å². The fourth-order valence-electron chi connectivity index (χ4n) is 2.31. The number of carbonyl (C=O) groups excluding carboxylic acids is 2. The minimum atomic E-state index is -1.23. The van der Waals surface area contributed by atoms with Crippen LogP contribution in [0.5, 0.6) is 0 Å². The molecule has 7 heteroatoms. The van der Waals surface area contributed by atoms with Crippen LogP contribution in [0.4, 0.5) is 14.9 Å². The number of carbonyl (C=O) groups is 2. The van der Waals surface area contributed by atoms with Crippen molar-refractivity contribution in [3.8, 4) is 0 Å². The zero-order valence-corrected chi connectivity index (χ0v) is 14.9. The van der Waals surface area contributed by atoms with Crippen LogP contribution in [0.15, 0.2) is 28.7 Å². The van der Waals surface area contributed by atoms with Gasteiger partial charge in [-0.15, -0.1) is 0 Å². The van der Waals surface area contributed by atoms with Gasteiger partial charge in [0.15, 0.2) is 0 Å².